The lowest BCUT2D eigenvalue weighted by molar-refractivity contribution is 0.0922. The molecule has 0 aliphatic heterocycles. The molecule has 3 nitrogen and oxygen atoms in total. The second kappa shape index (κ2) is 3.93. The van der Waals surface area contributed by atoms with Gasteiger partial charge in [0.2, 0.25) is 0 Å². The molecule has 0 aromatic heterocycles. The largest absolute Gasteiger partial charge is 0.504 e. The topological polar surface area (TPSA) is 57.5 Å². The third-order valence-corrected chi connectivity index (χ3v) is 2.99. The monoisotopic (exact) mass is 206 g/mol. The highest BCUT2D eigenvalue weighted by Gasteiger charge is 2.24. The zero-order valence-electron chi connectivity index (χ0n) is 8.44. The number of carbonyl (C=O) groups excluding carboxylic acids is 1. The average Bonchev–Trinajstić information content (AvgIpc) is 2.74. The van der Waals surface area contributed by atoms with Crippen molar-refractivity contribution >= 4 is 5.78 Å². The van der Waals surface area contributed by atoms with Crippen LogP contribution < -0.4 is 0 Å². The van der Waals surface area contributed by atoms with Crippen LogP contribution in [0.5, 0.6) is 11.5 Å². The van der Waals surface area contributed by atoms with Gasteiger partial charge >= 0.3 is 0 Å². The molecule has 2 rings (SSSR count). The molecular weight excluding hydrogens is 192 g/mol. The SMILES string of the molecule is O=C(c1ccc(O)c(O)c1)C1CCCC1. The molecule has 0 spiro atoms. The van der Waals surface area contributed by atoms with E-state index in [4.69, 9.17) is 5.11 Å². The fraction of sp³-hybridized carbons (Fsp3) is 0.417. The molecular formula is C12H14O3. The van der Waals surface area contributed by atoms with Crippen LogP contribution >= 0.6 is 0 Å². The van der Waals surface area contributed by atoms with Crippen molar-refractivity contribution in [1.82, 2.24) is 0 Å². The van der Waals surface area contributed by atoms with Gasteiger partial charge < -0.3 is 10.2 Å². The second-order valence-electron chi connectivity index (χ2n) is 4.05. The van der Waals surface area contributed by atoms with E-state index in [0.29, 0.717) is 5.56 Å². The molecule has 0 atom stereocenters. The lowest BCUT2D eigenvalue weighted by Crippen LogP contribution is -2.10. The third-order valence-electron chi connectivity index (χ3n) is 2.99. The summed E-state index contributed by atoms with van der Waals surface area (Å²) in [4.78, 5) is 11.9. The first-order chi connectivity index (χ1) is 7.18. The number of carbonyl (C=O) groups is 1. The summed E-state index contributed by atoms with van der Waals surface area (Å²) in [5.74, 6) is -0.214. The lowest BCUT2D eigenvalue weighted by Gasteiger charge is -2.08. The third kappa shape index (κ3) is 1.96. The standard InChI is InChI=1S/C12H14O3/c13-10-6-5-9(7-11(10)14)12(15)8-3-1-2-4-8/h5-8,13-14H,1-4H2. The Morgan fingerprint density at radius 2 is 1.80 bits per heavy atom. The molecule has 1 saturated carbocycles. The van der Waals surface area contributed by atoms with E-state index in [1.54, 1.807) is 6.07 Å². The Morgan fingerprint density at radius 3 is 2.40 bits per heavy atom. The van der Waals surface area contributed by atoms with Gasteiger partial charge in [0.25, 0.3) is 0 Å². The molecule has 3 heteroatoms. The van der Waals surface area contributed by atoms with Gasteiger partial charge in [-0.25, -0.2) is 0 Å². The minimum atomic E-state index is -0.223. The van der Waals surface area contributed by atoms with Crippen LogP contribution in [-0.2, 0) is 0 Å². The van der Waals surface area contributed by atoms with Crippen LogP contribution in [0.4, 0.5) is 0 Å². The molecule has 0 saturated heterocycles. The van der Waals surface area contributed by atoms with Crippen LogP contribution in [0.1, 0.15) is 36.0 Å². The highest BCUT2D eigenvalue weighted by atomic mass is 16.3. The first kappa shape index (κ1) is 10.0. The number of benzene rings is 1. The number of rotatable bonds is 2. The molecule has 0 amide bonds. The van der Waals surface area contributed by atoms with E-state index in [-0.39, 0.29) is 23.2 Å². The minimum Gasteiger partial charge on any atom is -0.504 e. The summed E-state index contributed by atoms with van der Waals surface area (Å²) in [7, 11) is 0. The van der Waals surface area contributed by atoms with Gasteiger partial charge in [-0.1, -0.05) is 12.8 Å². The van der Waals surface area contributed by atoms with Crippen molar-refractivity contribution in [2.75, 3.05) is 0 Å². The minimum absolute atomic E-state index is 0.0859. The van der Waals surface area contributed by atoms with Crippen molar-refractivity contribution in [2.45, 2.75) is 25.7 Å². The summed E-state index contributed by atoms with van der Waals surface area (Å²) in [6.45, 7) is 0. The Labute approximate surface area is 88.4 Å². The fourth-order valence-corrected chi connectivity index (χ4v) is 2.10. The van der Waals surface area contributed by atoms with E-state index >= 15 is 0 Å². The molecule has 1 aliphatic carbocycles. The molecule has 1 aromatic rings. The molecule has 1 aromatic carbocycles. The normalized spacial score (nSPS) is 16.8. The van der Waals surface area contributed by atoms with Crippen LogP contribution in [0.3, 0.4) is 0 Å². The maximum atomic E-state index is 11.9. The zero-order valence-corrected chi connectivity index (χ0v) is 8.44. The Morgan fingerprint density at radius 1 is 1.13 bits per heavy atom. The maximum absolute atomic E-state index is 11.9. The van der Waals surface area contributed by atoms with Gasteiger partial charge in [0, 0.05) is 11.5 Å². The van der Waals surface area contributed by atoms with Crippen LogP contribution in [0, 0.1) is 5.92 Å². The van der Waals surface area contributed by atoms with Crippen LogP contribution in [0.2, 0.25) is 0 Å². The first-order valence-electron chi connectivity index (χ1n) is 5.24. The Bertz CT molecular complexity index is 378. The number of hydrogen-bond acceptors (Lipinski definition) is 3. The molecule has 80 valence electrons. The van der Waals surface area contributed by atoms with Crippen molar-refractivity contribution in [3.05, 3.63) is 23.8 Å². The smallest absolute Gasteiger partial charge is 0.166 e. The molecule has 0 bridgehead atoms. The predicted octanol–water partition coefficient (Wildman–Crippen LogP) is 2.47. The lowest BCUT2D eigenvalue weighted by atomic mass is 9.96. The maximum Gasteiger partial charge on any atom is 0.166 e. The van der Waals surface area contributed by atoms with Crippen molar-refractivity contribution in [2.24, 2.45) is 5.92 Å². The Kier molecular flexibility index (Phi) is 2.62. The fourth-order valence-electron chi connectivity index (χ4n) is 2.10. The van der Waals surface area contributed by atoms with Crippen LogP contribution in [-0.4, -0.2) is 16.0 Å². The predicted molar refractivity (Wildman–Crippen MR) is 56.1 cm³/mol. The van der Waals surface area contributed by atoms with E-state index in [0.717, 1.165) is 25.7 Å². The van der Waals surface area contributed by atoms with Crippen LogP contribution in [0.15, 0.2) is 18.2 Å². The zero-order chi connectivity index (χ0) is 10.8. The molecule has 0 radical (unpaired) electrons. The number of ketones is 1. The summed E-state index contributed by atoms with van der Waals surface area (Å²) in [5.41, 5.74) is 0.497. The van der Waals surface area contributed by atoms with Gasteiger partial charge in [-0.2, -0.15) is 0 Å². The van der Waals surface area contributed by atoms with Gasteiger partial charge in [0.15, 0.2) is 17.3 Å². The number of hydrogen-bond donors (Lipinski definition) is 2. The number of phenolic OH excluding ortho intramolecular Hbond substituents is 2. The van der Waals surface area contributed by atoms with E-state index in [1.807, 2.05) is 0 Å². The Balaban J connectivity index is 2.21. The quantitative estimate of drug-likeness (QED) is 0.577. The average molecular weight is 206 g/mol. The van der Waals surface area contributed by atoms with Gasteiger partial charge in [-0.3, -0.25) is 4.79 Å². The number of Topliss-reactive ketones (excluding diaryl/α,β-unsaturated/α-hetero) is 1. The summed E-state index contributed by atoms with van der Waals surface area (Å²) in [6, 6.07) is 4.27. The number of aromatic hydroxyl groups is 2. The Hall–Kier alpha value is -1.51. The van der Waals surface area contributed by atoms with Crippen molar-refractivity contribution in [1.29, 1.82) is 0 Å². The van der Waals surface area contributed by atoms with E-state index < -0.39 is 0 Å². The summed E-state index contributed by atoms with van der Waals surface area (Å²) in [5, 5.41) is 18.4. The molecule has 2 N–H and O–H groups in total. The summed E-state index contributed by atoms with van der Waals surface area (Å²) >= 11 is 0. The van der Waals surface area contributed by atoms with Crippen LogP contribution in [0.25, 0.3) is 0 Å². The number of phenols is 2. The summed E-state index contributed by atoms with van der Waals surface area (Å²) < 4.78 is 0. The molecule has 0 heterocycles. The second-order valence-corrected chi connectivity index (χ2v) is 4.05. The molecule has 0 unspecified atom stereocenters. The van der Waals surface area contributed by atoms with Crippen molar-refractivity contribution in [3.8, 4) is 11.5 Å². The van der Waals surface area contributed by atoms with Crippen molar-refractivity contribution in [3.63, 3.8) is 0 Å². The highest BCUT2D eigenvalue weighted by molar-refractivity contribution is 5.98. The molecule has 15 heavy (non-hydrogen) atoms. The molecule has 1 aliphatic rings. The van der Waals surface area contributed by atoms with E-state index in [9.17, 15) is 9.90 Å². The van der Waals surface area contributed by atoms with Gasteiger partial charge in [0.1, 0.15) is 0 Å². The first-order valence-corrected chi connectivity index (χ1v) is 5.24. The molecule has 1 fully saturated rings. The van der Waals surface area contributed by atoms with Gasteiger partial charge in [0.05, 0.1) is 0 Å². The van der Waals surface area contributed by atoms with Crippen molar-refractivity contribution < 1.29 is 15.0 Å². The summed E-state index contributed by atoms with van der Waals surface area (Å²) in [6.07, 6.45) is 4.11. The highest BCUT2D eigenvalue weighted by Crippen LogP contribution is 2.31. The van der Waals surface area contributed by atoms with E-state index in [1.165, 1.54) is 12.1 Å². The van der Waals surface area contributed by atoms with Gasteiger partial charge in [-0.15, -0.1) is 0 Å². The van der Waals surface area contributed by atoms with Gasteiger partial charge in [-0.05, 0) is 31.0 Å². The van der Waals surface area contributed by atoms with E-state index in [2.05, 4.69) is 0 Å².